The molecule has 0 aliphatic carbocycles. The fraction of sp³-hybridized carbons (Fsp3) is 0.419. The molecule has 0 aromatic heterocycles. The molecular weight excluding hydrogens is 435 g/mol. The van der Waals surface area contributed by atoms with Gasteiger partial charge in [-0.05, 0) is 97.7 Å². The predicted molar refractivity (Wildman–Crippen MR) is 144 cm³/mol. The van der Waals surface area contributed by atoms with E-state index in [-0.39, 0.29) is 5.82 Å². The van der Waals surface area contributed by atoms with Gasteiger partial charge < -0.3 is 9.64 Å². The molecule has 0 unspecified atom stereocenters. The van der Waals surface area contributed by atoms with Gasteiger partial charge in [0.05, 0.1) is 6.61 Å². The zero-order valence-electron chi connectivity index (χ0n) is 21.7. The smallest absolute Gasteiger partial charge is 0.123 e. The number of rotatable bonds is 9. The summed E-state index contributed by atoms with van der Waals surface area (Å²) in [6.45, 7) is 15.0. The van der Waals surface area contributed by atoms with E-state index in [0.29, 0.717) is 5.92 Å². The summed E-state index contributed by atoms with van der Waals surface area (Å²) in [5, 5.41) is 0. The van der Waals surface area contributed by atoms with Gasteiger partial charge in [-0.3, -0.25) is 4.90 Å². The summed E-state index contributed by atoms with van der Waals surface area (Å²) >= 11 is 0. The third-order valence-corrected chi connectivity index (χ3v) is 7.22. The van der Waals surface area contributed by atoms with E-state index in [1.54, 1.807) is 0 Å². The van der Waals surface area contributed by atoms with Crippen LogP contribution < -0.4 is 9.64 Å². The molecule has 1 atom stereocenters. The van der Waals surface area contributed by atoms with Crippen molar-refractivity contribution in [3.63, 3.8) is 0 Å². The number of halogens is 1. The van der Waals surface area contributed by atoms with Crippen LogP contribution in [0.1, 0.15) is 41.2 Å². The zero-order valence-corrected chi connectivity index (χ0v) is 21.7. The van der Waals surface area contributed by atoms with Crippen LogP contribution in [0.3, 0.4) is 0 Å². The largest absolute Gasteiger partial charge is 0.493 e. The van der Waals surface area contributed by atoms with Crippen molar-refractivity contribution >= 4 is 5.69 Å². The SMILES string of the molecule is Cc1cc(C)c(OCC[C@@H](C)CN2CCN(c3ccc(Cc4ccc(F)cc4)cc3)CC2)cc1C. The van der Waals surface area contributed by atoms with Gasteiger partial charge in [-0.15, -0.1) is 0 Å². The predicted octanol–water partition coefficient (Wildman–Crippen LogP) is 6.57. The highest BCUT2D eigenvalue weighted by atomic mass is 19.1. The molecule has 35 heavy (non-hydrogen) atoms. The Morgan fingerprint density at radius 1 is 0.800 bits per heavy atom. The van der Waals surface area contributed by atoms with E-state index in [1.165, 1.54) is 40.1 Å². The number of benzene rings is 3. The van der Waals surface area contributed by atoms with E-state index in [9.17, 15) is 4.39 Å². The molecule has 3 nitrogen and oxygen atoms in total. The van der Waals surface area contributed by atoms with E-state index >= 15 is 0 Å². The highest BCUT2D eigenvalue weighted by Gasteiger charge is 2.19. The third-order valence-electron chi connectivity index (χ3n) is 7.22. The Kier molecular flexibility index (Phi) is 8.46. The van der Waals surface area contributed by atoms with Crippen LogP contribution in [0.25, 0.3) is 0 Å². The standard InChI is InChI=1S/C31H39FN2O/c1-23(13-18-35-31-20-25(3)24(2)19-26(31)4)22-33-14-16-34(17-15-33)30-11-7-28(8-12-30)21-27-5-9-29(32)10-6-27/h5-12,19-20,23H,13-18,21-22H2,1-4H3/t23-/m1/s1. The second-order valence-corrected chi connectivity index (χ2v) is 10.2. The topological polar surface area (TPSA) is 15.7 Å². The van der Waals surface area contributed by atoms with Gasteiger partial charge in [0.2, 0.25) is 0 Å². The van der Waals surface area contributed by atoms with Crippen molar-refractivity contribution in [1.82, 2.24) is 4.90 Å². The Morgan fingerprint density at radius 3 is 2.06 bits per heavy atom. The number of hydrogen-bond donors (Lipinski definition) is 0. The Morgan fingerprint density at radius 2 is 1.40 bits per heavy atom. The molecule has 1 saturated heterocycles. The van der Waals surface area contributed by atoms with Gasteiger partial charge in [0.15, 0.2) is 0 Å². The highest BCUT2D eigenvalue weighted by molar-refractivity contribution is 5.48. The quantitative estimate of drug-likeness (QED) is 0.349. The molecule has 0 amide bonds. The van der Waals surface area contributed by atoms with Gasteiger partial charge in [0.1, 0.15) is 11.6 Å². The lowest BCUT2D eigenvalue weighted by Gasteiger charge is -2.37. The first-order valence-corrected chi connectivity index (χ1v) is 12.9. The van der Waals surface area contributed by atoms with Gasteiger partial charge in [0.25, 0.3) is 0 Å². The summed E-state index contributed by atoms with van der Waals surface area (Å²) in [4.78, 5) is 5.07. The van der Waals surface area contributed by atoms with Crippen LogP contribution in [0, 0.1) is 32.5 Å². The molecule has 0 bridgehead atoms. The molecule has 3 aromatic carbocycles. The van der Waals surface area contributed by atoms with Gasteiger partial charge in [-0.25, -0.2) is 4.39 Å². The fourth-order valence-electron chi connectivity index (χ4n) is 4.84. The molecule has 3 aromatic rings. The van der Waals surface area contributed by atoms with Crippen LogP contribution >= 0.6 is 0 Å². The van der Waals surface area contributed by atoms with Gasteiger partial charge in [0, 0.05) is 38.4 Å². The van der Waals surface area contributed by atoms with Crippen molar-refractivity contribution in [3.8, 4) is 5.75 Å². The Balaban J connectivity index is 1.18. The van der Waals surface area contributed by atoms with Crippen LogP contribution in [0.15, 0.2) is 60.7 Å². The summed E-state index contributed by atoms with van der Waals surface area (Å²) in [5.74, 6) is 1.45. The minimum Gasteiger partial charge on any atom is -0.493 e. The first kappa shape index (κ1) is 25.2. The van der Waals surface area contributed by atoms with E-state index in [2.05, 4.69) is 73.9 Å². The monoisotopic (exact) mass is 474 g/mol. The lowest BCUT2D eigenvalue weighted by Crippen LogP contribution is -2.47. The summed E-state index contributed by atoms with van der Waals surface area (Å²) in [7, 11) is 0. The lowest BCUT2D eigenvalue weighted by atomic mass is 10.0. The molecule has 1 heterocycles. The Labute approximate surface area is 210 Å². The van der Waals surface area contributed by atoms with Crippen LogP contribution in [0.2, 0.25) is 0 Å². The molecule has 186 valence electrons. The minimum atomic E-state index is -0.182. The Hall–Kier alpha value is -2.85. The van der Waals surface area contributed by atoms with Crippen molar-refractivity contribution in [2.45, 2.75) is 40.5 Å². The van der Waals surface area contributed by atoms with E-state index in [4.69, 9.17) is 4.74 Å². The zero-order chi connectivity index (χ0) is 24.8. The summed E-state index contributed by atoms with van der Waals surface area (Å²) < 4.78 is 19.2. The normalized spacial score (nSPS) is 15.3. The molecule has 1 fully saturated rings. The van der Waals surface area contributed by atoms with Gasteiger partial charge in [-0.2, -0.15) is 0 Å². The van der Waals surface area contributed by atoms with Gasteiger partial charge >= 0.3 is 0 Å². The molecule has 0 N–H and O–H groups in total. The van der Waals surface area contributed by atoms with Crippen molar-refractivity contribution in [2.75, 3.05) is 44.2 Å². The number of aryl methyl sites for hydroxylation is 3. The van der Waals surface area contributed by atoms with E-state index in [0.717, 1.165) is 63.5 Å². The molecule has 1 aliphatic rings. The lowest BCUT2D eigenvalue weighted by molar-refractivity contribution is 0.201. The summed E-state index contributed by atoms with van der Waals surface area (Å²) in [6.07, 6.45) is 1.90. The molecule has 0 spiro atoms. The number of piperazine rings is 1. The molecule has 0 saturated carbocycles. The third kappa shape index (κ3) is 7.08. The summed E-state index contributed by atoms with van der Waals surface area (Å²) in [5.41, 5.74) is 7.52. The molecule has 4 heteroatoms. The molecule has 0 radical (unpaired) electrons. The van der Waals surface area contributed by atoms with Crippen molar-refractivity contribution < 1.29 is 9.13 Å². The van der Waals surface area contributed by atoms with Crippen molar-refractivity contribution in [1.29, 1.82) is 0 Å². The average molecular weight is 475 g/mol. The second kappa shape index (κ2) is 11.7. The number of ether oxygens (including phenoxy) is 1. The first-order valence-electron chi connectivity index (χ1n) is 12.9. The molecular formula is C31H39FN2O. The number of anilines is 1. The Bertz CT molecular complexity index is 1090. The van der Waals surface area contributed by atoms with E-state index in [1.807, 2.05) is 12.1 Å². The maximum atomic E-state index is 13.1. The second-order valence-electron chi connectivity index (χ2n) is 10.2. The van der Waals surface area contributed by atoms with Crippen LogP contribution in [0.5, 0.6) is 5.75 Å². The number of nitrogens with zero attached hydrogens (tertiary/aromatic N) is 2. The van der Waals surface area contributed by atoms with Crippen LogP contribution in [-0.2, 0) is 6.42 Å². The maximum Gasteiger partial charge on any atom is 0.123 e. The maximum absolute atomic E-state index is 13.1. The van der Waals surface area contributed by atoms with Crippen LogP contribution in [-0.4, -0.2) is 44.2 Å². The average Bonchev–Trinajstić information content (AvgIpc) is 2.85. The molecule has 1 aliphatic heterocycles. The summed E-state index contributed by atoms with van der Waals surface area (Å²) in [6, 6.07) is 20.0. The minimum absolute atomic E-state index is 0.182. The highest BCUT2D eigenvalue weighted by Crippen LogP contribution is 2.23. The first-order chi connectivity index (χ1) is 16.9. The molecule has 4 rings (SSSR count). The number of hydrogen-bond acceptors (Lipinski definition) is 3. The van der Waals surface area contributed by atoms with Crippen LogP contribution in [0.4, 0.5) is 10.1 Å². The van der Waals surface area contributed by atoms with Crippen molar-refractivity contribution in [2.24, 2.45) is 5.92 Å². The van der Waals surface area contributed by atoms with Gasteiger partial charge in [-0.1, -0.05) is 37.3 Å². The van der Waals surface area contributed by atoms with E-state index < -0.39 is 0 Å². The van der Waals surface area contributed by atoms with Crippen molar-refractivity contribution in [3.05, 3.63) is 94.3 Å². The fourth-order valence-corrected chi connectivity index (χ4v) is 4.84.